The van der Waals surface area contributed by atoms with Crippen LogP contribution in [0.15, 0.2) is 72.8 Å². The molecule has 2 N–H and O–H groups in total. The molecule has 0 aliphatic rings. The molecule has 1 unspecified atom stereocenters. The molecule has 3 aromatic carbocycles. The van der Waals surface area contributed by atoms with E-state index in [9.17, 15) is 14.3 Å². The summed E-state index contributed by atoms with van der Waals surface area (Å²) in [7, 11) is 2.84. The molecular formula is C28H30FNO6. The van der Waals surface area contributed by atoms with Crippen LogP contribution in [0.2, 0.25) is 0 Å². The third kappa shape index (κ3) is 7.83. The molecule has 0 fully saturated rings. The average Bonchev–Trinajstić information content (AvgIpc) is 2.91. The SMILES string of the molecule is COC(=O)C(=Cc1ccc(OCC(O)CNCCOc2ccccc2OC)cc1)c1ccccc1F. The summed E-state index contributed by atoms with van der Waals surface area (Å²) >= 11 is 0. The van der Waals surface area contributed by atoms with Crippen molar-refractivity contribution in [2.45, 2.75) is 6.10 Å². The summed E-state index contributed by atoms with van der Waals surface area (Å²) in [6, 6.07) is 20.3. The number of carbonyl (C=O) groups is 1. The molecule has 1 atom stereocenters. The molecule has 0 aromatic heterocycles. The van der Waals surface area contributed by atoms with E-state index in [4.69, 9.17) is 18.9 Å². The van der Waals surface area contributed by atoms with E-state index in [1.165, 1.54) is 19.2 Å². The molecule has 0 radical (unpaired) electrons. The molecule has 8 heteroatoms. The van der Waals surface area contributed by atoms with Gasteiger partial charge >= 0.3 is 5.97 Å². The lowest BCUT2D eigenvalue weighted by atomic mass is 10.0. The number of halogens is 1. The fourth-order valence-corrected chi connectivity index (χ4v) is 3.35. The first-order valence-electron chi connectivity index (χ1n) is 11.4. The van der Waals surface area contributed by atoms with Crippen molar-refractivity contribution in [3.63, 3.8) is 0 Å². The predicted octanol–water partition coefficient (Wildman–Crippen LogP) is 3.96. The van der Waals surface area contributed by atoms with Crippen LogP contribution >= 0.6 is 0 Å². The standard InChI is InChI=1S/C28H30FNO6/c1-33-26-9-5-6-10-27(26)35-16-15-30-18-21(31)19-36-22-13-11-20(12-14-22)17-24(28(32)34-2)23-7-3-4-8-25(23)29/h3-14,17,21,30-31H,15-16,18-19H2,1-2H3. The van der Waals surface area contributed by atoms with Crippen LogP contribution in [0.5, 0.6) is 17.2 Å². The van der Waals surface area contributed by atoms with Crippen molar-refractivity contribution in [2.75, 3.05) is 40.5 Å². The van der Waals surface area contributed by atoms with Gasteiger partial charge in [0.1, 0.15) is 30.9 Å². The van der Waals surface area contributed by atoms with Gasteiger partial charge in [0.2, 0.25) is 0 Å². The van der Waals surface area contributed by atoms with Gasteiger partial charge in [-0.2, -0.15) is 0 Å². The molecule has 36 heavy (non-hydrogen) atoms. The summed E-state index contributed by atoms with van der Waals surface area (Å²) in [5, 5.41) is 13.3. The fraction of sp³-hybridized carbons (Fsp3) is 0.250. The van der Waals surface area contributed by atoms with Crippen LogP contribution in [0, 0.1) is 5.82 Å². The van der Waals surface area contributed by atoms with Crippen LogP contribution in [0.4, 0.5) is 4.39 Å². The van der Waals surface area contributed by atoms with Gasteiger partial charge in [-0.3, -0.25) is 0 Å². The highest BCUT2D eigenvalue weighted by molar-refractivity contribution is 6.21. The maximum atomic E-state index is 14.2. The van der Waals surface area contributed by atoms with Gasteiger partial charge in [0, 0.05) is 18.7 Å². The number of methoxy groups -OCH3 is 2. The van der Waals surface area contributed by atoms with Crippen LogP contribution < -0.4 is 19.5 Å². The highest BCUT2D eigenvalue weighted by Gasteiger charge is 2.16. The molecule has 3 rings (SSSR count). The van der Waals surface area contributed by atoms with Gasteiger partial charge in [-0.25, -0.2) is 9.18 Å². The normalized spacial score (nSPS) is 12.1. The van der Waals surface area contributed by atoms with Gasteiger partial charge in [0.25, 0.3) is 0 Å². The minimum absolute atomic E-state index is 0.0954. The number of hydrogen-bond acceptors (Lipinski definition) is 7. The third-order valence-electron chi connectivity index (χ3n) is 5.19. The number of benzene rings is 3. The van der Waals surface area contributed by atoms with E-state index in [0.29, 0.717) is 42.5 Å². The number of esters is 1. The van der Waals surface area contributed by atoms with Crippen molar-refractivity contribution >= 4 is 17.6 Å². The second-order valence-electron chi connectivity index (χ2n) is 7.77. The number of para-hydroxylation sites is 2. The first-order chi connectivity index (χ1) is 17.5. The van der Waals surface area contributed by atoms with Gasteiger partial charge < -0.3 is 29.4 Å². The van der Waals surface area contributed by atoms with Crippen molar-refractivity contribution in [3.8, 4) is 17.2 Å². The summed E-state index contributed by atoms with van der Waals surface area (Å²) in [4.78, 5) is 12.2. The van der Waals surface area contributed by atoms with E-state index in [1.54, 1.807) is 49.6 Å². The molecule has 0 amide bonds. The summed E-state index contributed by atoms with van der Waals surface area (Å²) in [5.41, 5.74) is 0.942. The quantitative estimate of drug-likeness (QED) is 0.161. The number of aliphatic hydroxyl groups excluding tert-OH is 1. The highest BCUT2D eigenvalue weighted by Crippen LogP contribution is 2.25. The Morgan fingerprint density at radius 3 is 2.36 bits per heavy atom. The molecule has 0 heterocycles. The number of nitrogens with one attached hydrogen (secondary N) is 1. The Bertz CT molecular complexity index is 1150. The lowest BCUT2D eigenvalue weighted by molar-refractivity contribution is -0.133. The van der Waals surface area contributed by atoms with E-state index < -0.39 is 17.9 Å². The van der Waals surface area contributed by atoms with Gasteiger partial charge in [-0.15, -0.1) is 0 Å². The Morgan fingerprint density at radius 1 is 0.972 bits per heavy atom. The minimum atomic E-state index is -0.720. The maximum absolute atomic E-state index is 14.2. The third-order valence-corrected chi connectivity index (χ3v) is 5.19. The van der Waals surface area contributed by atoms with Crippen LogP contribution in [0.25, 0.3) is 11.6 Å². The molecule has 0 bridgehead atoms. The predicted molar refractivity (Wildman–Crippen MR) is 136 cm³/mol. The van der Waals surface area contributed by atoms with Crippen LogP contribution in [0.1, 0.15) is 11.1 Å². The highest BCUT2D eigenvalue weighted by atomic mass is 19.1. The van der Waals surface area contributed by atoms with E-state index in [2.05, 4.69) is 5.32 Å². The number of ether oxygens (including phenoxy) is 4. The lowest BCUT2D eigenvalue weighted by Crippen LogP contribution is -2.33. The van der Waals surface area contributed by atoms with Crippen molar-refractivity contribution in [3.05, 3.63) is 89.7 Å². The van der Waals surface area contributed by atoms with Gasteiger partial charge in [0.15, 0.2) is 11.5 Å². The number of aliphatic hydroxyl groups is 1. The van der Waals surface area contributed by atoms with E-state index in [-0.39, 0.29) is 17.7 Å². The van der Waals surface area contributed by atoms with Crippen molar-refractivity contribution in [1.29, 1.82) is 0 Å². The first-order valence-corrected chi connectivity index (χ1v) is 11.4. The van der Waals surface area contributed by atoms with Crippen LogP contribution in [-0.4, -0.2) is 57.7 Å². The largest absolute Gasteiger partial charge is 0.493 e. The molecule has 0 saturated heterocycles. The van der Waals surface area contributed by atoms with Gasteiger partial charge in [0.05, 0.1) is 19.8 Å². The summed E-state index contributed by atoms with van der Waals surface area (Å²) in [5.74, 6) is 0.737. The second kappa shape index (κ2) is 13.9. The van der Waals surface area contributed by atoms with E-state index >= 15 is 0 Å². The van der Waals surface area contributed by atoms with Crippen molar-refractivity contribution in [2.24, 2.45) is 0 Å². The van der Waals surface area contributed by atoms with Gasteiger partial charge in [-0.05, 0) is 42.0 Å². The molecule has 190 valence electrons. The van der Waals surface area contributed by atoms with Crippen molar-refractivity contribution < 1.29 is 33.2 Å². The fourth-order valence-electron chi connectivity index (χ4n) is 3.35. The van der Waals surface area contributed by atoms with E-state index in [1.807, 2.05) is 24.3 Å². The minimum Gasteiger partial charge on any atom is -0.493 e. The Kier molecular flexibility index (Phi) is 10.3. The second-order valence-corrected chi connectivity index (χ2v) is 7.77. The Balaban J connectivity index is 1.46. The molecule has 0 aliphatic heterocycles. The number of hydrogen-bond donors (Lipinski definition) is 2. The molecule has 0 spiro atoms. The molecular weight excluding hydrogens is 465 g/mol. The Hall–Kier alpha value is -3.88. The molecule has 0 aliphatic carbocycles. The van der Waals surface area contributed by atoms with E-state index in [0.717, 1.165) is 0 Å². The summed E-state index contributed by atoms with van der Waals surface area (Å²) in [6.07, 6.45) is 0.836. The maximum Gasteiger partial charge on any atom is 0.338 e. The smallest absolute Gasteiger partial charge is 0.338 e. The van der Waals surface area contributed by atoms with Crippen molar-refractivity contribution in [1.82, 2.24) is 5.32 Å². The topological polar surface area (TPSA) is 86.3 Å². The zero-order valence-electron chi connectivity index (χ0n) is 20.3. The number of carbonyl (C=O) groups excluding carboxylic acids is 1. The van der Waals surface area contributed by atoms with Gasteiger partial charge in [-0.1, -0.05) is 42.5 Å². The molecule has 7 nitrogen and oxygen atoms in total. The molecule has 0 saturated carbocycles. The monoisotopic (exact) mass is 495 g/mol. The van der Waals surface area contributed by atoms with Crippen LogP contribution in [0.3, 0.4) is 0 Å². The summed E-state index contributed by atoms with van der Waals surface area (Å²) < 4.78 is 35.6. The zero-order valence-corrected chi connectivity index (χ0v) is 20.3. The molecule has 3 aromatic rings. The average molecular weight is 496 g/mol. The van der Waals surface area contributed by atoms with Crippen LogP contribution in [-0.2, 0) is 9.53 Å². The Morgan fingerprint density at radius 2 is 1.67 bits per heavy atom. The first kappa shape index (κ1) is 26.7. The zero-order chi connectivity index (χ0) is 25.8. The lowest BCUT2D eigenvalue weighted by Gasteiger charge is -2.14. The Labute approximate surface area is 210 Å². The number of rotatable bonds is 13. The summed E-state index contributed by atoms with van der Waals surface area (Å²) in [6.45, 7) is 1.39.